The van der Waals surface area contributed by atoms with E-state index in [0.29, 0.717) is 17.5 Å². The fourth-order valence-electron chi connectivity index (χ4n) is 3.73. The number of nitrogens with zero attached hydrogens (tertiary/aromatic N) is 4. The van der Waals surface area contributed by atoms with E-state index in [-0.39, 0.29) is 5.75 Å². The van der Waals surface area contributed by atoms with Gasteiger partial charge in [-0.25, -0.2) is 9.97 Å². The Morgan fingerprint density at radius 2 is 1.96 bits per heavy atom. The van der Waals surface area contributed by atoms with E-state index in [0.717, 1.165) is 50.8 Å². The van der Waals surface area contributed by atoms with Crippen LogP contribution in [0.5, 0.6) is 5.75 Å². The van der Waals surface area contributed by atoms with Gasteiger partial charge in [-0.15, -0.1) is 0 Å². The molecule has 0 radical (unpaired) electrons. The second kappa shape index (κ2) is 7.60. The van der Waals surface area contributed by atoms with Gasteiger partial charge in [-0.1, -0.05) is 12.1 Å². The van der Waals surface area contributed by atoms with Crippen molar-refractivity contribution in [2.75, 3.05) is 44.2 Å². The molecule has 4 rings (SSSR count). The number of aromatic nitrogens is 2. The molecule has 6 nitrogen and oxygen atoms in total. The van der Waals surface area contributed by atoms with Crippen LogP contribution >= 0.6 is 0 Å². The third-order valence-electron chi connectivity index (χ3n) is 5.17. The van der Waals surface area contributed by atoms with E-state index in [4.69, 9.17) is 9.72 Å². The number of benzene rings is 1. The van der Waals surface area contributed by atoms with Gasteiger partial charge in [0, 0.05) is 51.1 Å². The van der Waals surface area contributed by atoms with Gasteiger partial charge in [0.25, 0.3) is 0 Å². The number of rotatable bonds is 4. The first-order valence-corrected chi connectivity index (χ1v) is 9.42. The van der Waals surface area contributed by atoms with Gasteiger partial charge in [0.05, 0.1) is 11.7 Å². The minimum Gasteiger partial charge on any atom is -0.507 e. The number of hydrogen-bond donors (Lipinski definition) is 1. The molecule has 2 aliphatic rings. The highest BCUT2D eigenvalue weighted by Gasteiger charge is 2.24. The maximum absolute atomic E-state index is 10.1. The van der Waals surface area contributed by atoms with Crippen LogP contribution < -0.4 is 4.90 Å². The normalized spacial score (nSPS) is 21.3. The van der Waals surface area contributed by atoms with Gasteiger partial charge in [0.2, 0.25) is 0 Å². The molecule has 1 aromatic carbocycles. The average molecular weight is 354 g/mol. The monoisotopic (exact) mass is 354 g/mol. The van der Waals surface area contributed by atoms with Gasteiger partial charge < -0.3 is 14.7 Å². The number of anilines is 1. The number of hydrogen-bond acceptors (Lipinski definition) is 6. The Morgan fingerprint density at radius 1 is 1.15 bits per heavy atom. The summed E-state index contributed by atoms with van der Waals surface area (Å²) in [5.74, 6) is 1.73. The van der Waals surface area contributed by atoms with E-state index in [1.807, 2.05) is 31.2 Å². The highest BCUT2D eigenvalue weighted by molar-refractivity contribution is 5.65. The smallest absolute Gasteiger partial charge is 0.165 e. The lowest BCUT2D eigenvalue weighted by atomic mass is 10.2. The summed E-state index contributed by atoms with van der Waals surface area (Å²) in [6, 6.07) is 9.25. The molecule has 2 saturated heterocycles. The molecule has 0 spiro atoms. The van der Waals surface area contributed by atoms with Crippen molar-refractivity contribution in [3.63, 3.8) is 0 Å². The molecular weight excluding hydrogens is 328 g/mol. The molecule has 26 heavy (non-hydrogen) atoms. The zero-order chi connectivity index (χ0) is 17.9. The largest absolute Gasteiger partial charge is 0.507 e. The van der Waals surface area contributed by atoms with Gasteiger partial charge in [0.1, 0.15) is 11.6 Å². The van der Waals surface area contributed by atoms with Crippen molar-refractivity contribution in [3.05, 3.63) is 36.0 Å². The van der Waals surface area contributed by atoms with Crippen molar-refractivity contribution in [1.29, 1.82) is 0 Å². The van der Waals surface area contributed by atoms with Crippen molar-refractivity contribution in [2.45, 2.75) is 25.9 Å². The predicted octanol–water partition coefficient (Wildman–Crippen LogP) is 2.46. The third-order valence-corrected chi connectivity index (χ3v) is 5.17. The lowest BCUT2D eigenvalue weighted by Crippen LogP contribution is -2.48. The molecule has 0 aliphatic carbocycles. The molecule has 138 valence electrons. The molecule has 2 aliphatic heterocycles. The minimum absolute atomic E-state index is 0.213. The van der Waals surface area contributed by atoms with E-state index in [1.54, 1.807) is 6.07 Å². The van der Waals surface area contributed by atoms with Crippen molar-refractivity contribution in [1.82, 2.24) is 14.9 Å². The number of piperazine rings is 1. The van der Waals surface area contributed by atoms with Crippen LogP contribution in [0.4, 0.5) is 5.82 Å². The molecule has 3 heterocycles. The van der Waals surface area contributed by atoms with Crippen LogP contribution in [-0.2, 0) is 4.74 Å². The van der Waals surface area contributed by atoms with Crippen molar-refractivity contribution in [2.24, 2.45) is 0 Å². The second-order valence-corrected chi connectivity index (χ2v) is 7.13. The van der Waals surface area contributed by atoms with E-state index >= 15 is 0 Å². The van der Waals surface area contributed by atoms with E-state index in [9.17, 15) is 5.11 Å². The molecule has 1 aromatic heterocycles. The Morgan fingerprint density at radius 3 is 2.69 bits per heavy atom. The molecule has 0 unspecified atom stereocenters. The molecule has 2 aromatic rings. The molecule has 0 amide bonds. The molecule has 2 fully saturated rings. The standard InChI is InChI=1S/C20H26N4O2/c1-15-13-19(22-20(21-15)17-6-2-3-7-18(17)25)24-10-8-23(9-11-24)14-16-5-4-12-26-16/h2-3,6-7,13,16,25H,4-5,8-12,14H2,1H3/t16-/m1/s1. The van der Waals surface area contributed by atoms with Crippen LogP contribution in [0.2, 0.25) is 0 Å². The summed E-state index contributed by atoms with van der Waals surface area (Å²) in [4.78, 5) is 14.0. The first-order chi connectivity index (χ1) is 12.7. The van der Waals surface area contributed by atoms with E-state index in [1.165, 1.54) is 12.8 Å². The van der Waals surface area contributed by atoms with Crippen LogP contribution in [0.3, 0.4) is 0 Å². The minimum atomic E-state index is 0.213. The lowest BCUT2D eigenvalue weighted by molar-refractivity contribution is 0.0712. The summed E-state index contributed by atoms with van der Waals surface area (Å²) < 4.78 is 5.76. The summed E-state index contributed by atoms with van der Waals surface area (Å²) >= 11 is 0. The molecule has 0 saturated carbocycles. The van der Waals surface area contributed by atoms with Crippen molar-refractivity contribution >= 4 is 5.82 Å². The predicted molar refractivity (Wildman–Crippen MR) is 101 cm³/mol. The maximum Gasteiger partial charge on any atom is 0.165 e. The van der Waals surface area contributed by atoms with E-state index in [2.05, 4.69) is 14.8 Å². The maximum atomic E-state index is 10.1. The van der Waals surface area contributed by atoms with Gasteiger partial charge in [-0.2, -0.15) is 0 Å². The van der Waals surface area contributed by atoms with Crippen LogP contribution in [0, 0.1) is 6.92 Å². The lowest BCUT2D eigenvalue weighted by Gasteiger charge is -2.36. The Balaban J connectivity index is 1.46. The topological polar surface area (TPSA) is 61.7 Å². The summed E-state index contributed by atoms with van der Waals surface area (Å²) in [7, 11) is 0. The molecular formula is C20H26N4O2. The Hall–Kier alpha value is -2.18. The van der Waals surface area contributed by atoms with Gasteiger partial charge in [-0.05, 0) is 31.9 Å². The zero-order valence-electron chi connectivity index (χ0n) is 15.3. The second-order valence-electron chi connectivity index (χ2n) is 7.13. The Labute approximate surface area is 154 Å². The van der Waals surface area contributed by atoms with Crippen LogP contribution in [0.25, 0.3) is 11.4 Å². The average Bonchev–Trinajstić information content (AvgIpc) is 3.15. The number of ether oxygens (including phenoxy) is 1. The van der Waals surface area contributed by atoms with Gasteiger partial charge >= 0.3 is 0 Å². The number of phenols is 1. The SMILES string of the molecule is Cc1cc(N2CCN(C[C@H]3CCCO3)CC2)nc(-c2ccccc2O)n1. The third kappa shape index (κ3) is 3.81. The van der Waals surface area contributed by atoms with Crippen LogP contribution in [0.1, 0.15) is 18.5 Å². The zero-order valence-corrected chi connectivity index (χ0v) is 15.3. The van der Waals surface area contributed by atoms with Gasteiger partial charge in [-0.3, -0.25) is 4.90 Å². The summed E-state index contributed by atoms with van der Waals surface area (Å²) in [6.45, 7) is 7.87. The summed E-state index contributed by atoms with van der Waals surface area (Å²) in [5.41, 5.74) is 1.59. The highest BCUT2D eigenvalue weighted by Crippen LogP contribution is 2.28. The molecule has 0 bridgehead atoms. The Kier molecular flexibility index (Phi) is 5.04. The summed E-state index contributed by atoms with van der Waals surface area (Å²) in [6.07, 6.45) is 2.80. The first-order valence-electron chi connectivity index (χ1n) is 9.42. The molecule has 6 heteroatoms. The van der Waals surface area contributed by atoms with Crippen LogP contribution in [-0.4, -0.2) is 65.4 Å². The Bertz CT molecular complexity index is 753. The number of phenolic OH excluding ortho intramolecular Hbond substituents is 1. The number of aryl methyl sites for hydroxylation is 1. The van der Waals surface area contributed by atoms with Crippen molar-refractivity contribution in [3.8, 4) is 17.1 Å². The highest BCUT2D eigenvalue weighted by atomic mass is 16.5. The van der Waals surface area contributed by atoms with Gasteiger partial charge in [0.15, 0.2) is 5.82 Å². The van der Waals surface area contributed by atoms with Crippen LogP contribution in [0.15, 0.2) is 30.3 Å². The fourth-order valence-corrected chi connectivity index (χ4v) is 3.73. The first kappa shape index (κ1) is 17.2. The molecule has 1 N–H and O–H groups in total. The molecule has 1 atom stereocenters. The fraction of sp³-hybridized carbons (Fsp3) is 0.500. The van der Waals surface area contributed by atoms with Crippen molar-refractivity contribution < 1.29 is 9.84 Å². The number of para-hydroxylation sites is 1. The number of aromatic hydroxyl groups is 1. The summed E-state index contributed by atoms with van der Waals surface area (Å²) in [5, 5.41) is 10.1. The van der Waals surface area contributed by atoms with E-state index < -0.39 is 0 Å². The quantitative estimate of drug-likeness (QED) is 0.910.